The van der Waals surface area contributed by atoms with Gasteiger partial charge in [-0.3, -0.25) is 4.79 Å². The number of rotatable bonds is 2. The third-order valence-electron chi connectivity index (χ3n) is 4.34. The molecule has 1 unspecified atom stereocenters. The maximum absolute atomic E-state index is 11.7. The van der Waals surface area contributed by atoms with Gasteiger partial charge in [0, 0.05) is 38.4 Å². The van der Waals surface area contributed by atoms with Crippen LogP contribution in [0.2, 0.25) is 0 Å². The van der Waals surface area contributed by atoms with E-state index in [0.29, 0.717) is 12.5 Å². The zero-order valence-electron chi connectivity index (χ0n) is 11.6. The van der Waals surface area contributed by atoms with E-state index in [-0.39, 0.29) is 5.91 Å². The molecule has 0 spiro atoms. The number of hydrogen-bond donors (Lipinski definition) is 1. The second kappa shape index (κ2) is 4.94. The highest BCUT2D eigenvalue weighted by atomic mass is 16.2. The van der Waals surface area contributed by atoms with Crippen molar-refractivity contribution in [2.45, 2.75) is 18.9 Å². The van der Waals surface area contributed by atoms with Crippen LogP contribution in [0.3, 0.4) is 0 Å². The van der Waals surface area contributed by atoms with Crippen LogP contribution < -0.4 is 10.2 Å². The number of hydrogen-bond acceptors (Lipinski definition) is 3. The van der Waals surface area contributed by atoms with Crippen molar-refractivity contribution in [3.8, 4) is 0 Å². The number of benzene rings is 1. The average molecular weight is 259 g/mol. The monoisotopic (exact) mass is 259 g/mol. The molecular weight excluding hydrogens is 238 g/mol. The largest absolute Gasteiger partial charge is 0.315 e. The van der Waals surface area contributed by atoms with Crippen LogP contribution in [0, 0.1) is 0 Å². The van der Waals surface area contributed by atoms with Gasteiger partial charge in [-0.1, -0.05) is 12.1 Å². The molecule has 0 aliphatic carbocycles. The van der Waals surface area contributed by atoms with Gasteiger partial charge < -0.3 is 15.1 Å². The van der Waals surface area contributed by atoms with Crippen molar-refractivity contribution >= 4 is 11.6 Å². The molecule has 4 heteroatoms. The molecule has 1 aromatic carbocycles. The third kappa shape index (κ3) is 2.38. The zero-order valence-corrected chi connectivity index (χ0v) is 11.6. The van der Waals surface area contributed by atoms with Crippen LogP contribution >= 0.6 is 0 Å². The Kier molecular flexibility index (Phi) is 3.29. The summed E-state index contributed by atoms with van der Waals surface area (Å²) in [5.74, 6) is 0.198. The minimum Gasteiger partial charge on any atom is -0.315 e. The molecule has 102 valence electrons. The number of carbonyl (C=O) groups excluding carboxylic acids is 1. The van der Waals surface area contributed by atoms with E-state index >= 15 is 0 Å². The fourth-order valence-corrected chi connectivity index (χ4v) is 3.01. The molecule has 2 aliphatic rings. The maximum Gasteiger partial charge on any atom is 0.231 e. The normalized spacial score (nSPS) is 23.8. The molecule has 1 aromatic rings. The van der Waals surface area contributed by atoms with E-state index in [1.807, 2.05) is 7.05 Å². The summed E-state index contributed by atoms with van der Waals surface area (Å²) in [5, 5.41) is 3.45. The number of nitrogens with one attached hydrogen (secondary N) is 1. The first kappa shape index (κ1) is 12.6. The predicted octanol–water partition coefficient (Wildman–Crippen LogP) is 0.652. The van der Waals surface area contributed by atoms with Gasteiger partial charge in [-0.05, 0) is 30.7 Å². The fraction of sp³-hybridized carbons (Fsp3) is 0.533. The van der Waals surface area contributed by atoms with Crippen molar-refractivity contribution in [1.82, 2.24) is 10.2 Å². The van der Waals surface area contributed by atoms with Crippen LogP contribution in [0.4, 0.5) is 5.69 Å². The number of likely N-dealkylation sites (N-methyl/N-ethyl adjacent to an activating group) is 2. The number of fused-ring (bicyclic) bond motifs is 1. The molecule has 2 heterocycles. The number of piperazine rings is 1. The number of carbonyl (C=O) groups is 1. The maximum atomic E-state index is 11.7. The Hall–Kier alpha value is -1.39. The van der Waals surface area contributed by atoms with Crippen LogP contribution in [0.5, 0.6) is 0 Å². The van der Waals surface area contributed by atoms with Gasteiger partial charge in [-0.2, -0.15) is 0 Å². The van der Waals surface area contributed by atoms with Gasteiger partial charge in [-0.25, -0.2) is 0 Å². The van der Waals surface area contributed by atoms with Gasteiger partial charge in [0.2, 0.25) is 5.91 Å². The van der Waals surface area contributed by atoms with Crippen molar-refractivity contribution in [2.75, 3.05) is 38.6 Å². The van der Waals surface area contributed by atoms with Crippen molar-refractivity contribution < 1.29 is 4.79 Å². The van der Waals surface area contributed by atoms with E-state index in [1.165, 1.54) is 11.1 Å². The Labute approximate surface area is 114 Å². The first-order valence-electron chi connectivity index (χ1n) is 6.94. The molecule has 1 saturated heterocycles. The molecule has 0 saturated carbocycles. The topological polar surface area (TPSA) is 35.6 Å². The van der Waals surface area contributed by atoms with Crippen molar-refractivity contribution in [3.63, 3.8) is 0 Å². The van der Waals surface area contributed by atoms with Crippen molar-refractivity contribution in [3.05, 3.63) is 29.3 Å². The summed E-state index contributed by atoms with van der Waals surface area (Å²) in [6.45, 7) is 3.24. The summed E-state index contributed by atoms with van der Waals surface area (Å²) in [6.07, 6.45) is 1.60. The van der Waals surface area contributed by atoms with E-state index in [0.717, 1.165) is 31.7 Å². The summed E-state index contributed by atoms with van der Waals surface area (Å²) in [4.78, 5) is 15.9. The molecule has 1 N–H and O–H groups in total. The molecule has 19 heavy (non-hydrogen) atoms. The SMILES string of the molecule is CN1C(=O)Cc2cc(CC3CNCCN3C)ccc21. The van der Waals surface area contributed by atoms with Crippen molar-refractivity contribution in [2.24, 2.45) is 0 Å². The highest BCUT2D eigenvalue weighted by Crippen LogP contribution is 2.28. The summed E-state index contributed by atoms with van der Waals surface area (Å²) in [7, 11) is 4.04. The van der Waals surface area contributed by atoms with Crippen LogP contribution in [-0.4, -0.2) is 50.6 Å². The van der Waals surface area contributed by atoms with Gasteiger partial charge in [0.05, 0.1) is 6.42 Å². The smallest absolute Gasteiger partial charge is 0.231 e. The van der Waals surface area contributed by atoms with E-state index in [2.05, 4.69) is 35.5 Å². The summed E-state index contributed by atoms with van der Waals surface area (Å²) in [6, 6.07) is 7.02. The number of nitrogens with zero attached hydrogens (tertiary/aromatic N) is 2. The van der Waals surface area contributed by atoms with Gasteiger partial charge >= 0.3 is 0 Å². The van der Waals surface area contributed by atoms with Crippen LogP contribution in [0.1, 0.15) is 11.1 Å². The number of amides is 1. The van der Waals surface area contributed by atoms with Gasteiger partial charge in [-0.15, -0.1) is 0 Å². The fourth-order valence-electron chi connectivity index (χ4n) is 3.01. The minimum atomic E-state index is 0.198. The Morgan fingerprint density at radius 2 is 2.21 bits per heavy atom. The second-order valence-corrected chi connectivity index (χ2v) is 5.64. The molecule has 1 amide bonds. The second-order valence-electron chi connectivity index (χ2n) is 5.64. The lowest BCUT2D eigenvalue weighted by atomic mass is 10.0. The van der Waals surface area contributed by atoms with Gasteiger partial charge in [0.1, 0.15) is 0 Å². The molecule has 4 nitrogen and oxygen atoms in total. The third-order valence-corrected chi connectivity index (χ3v) is 4.34. The van der Waals surface area contributed by atoms with Crippen LogP contribution in [-0.2, 0) is 17.6 Å². The standard InChI is InChI=1S/C15H21N3O/c1-17-6-5-16-10-13(17)8-11-3-4-14-12(7-11)9-15(19)18(14)2/h3-4,7,13,16H,5-6,8-10H2,1-2H3. The zero-order chi connectivity index (χ0) is 13.4. The van der Waals surface area contributed by atoms with E-state index < -0.39 is 0 Å². The van der Waals surface area contributed by atoms with Gasteiger partial charge in [0.25, 0.3) is 0 Å². The lowest BCUT2D eigenvalue weighted by Crippen LogP contribution is -2.50. The Balaban J connectivity index is 1.76. The summed E-state index contributed by atoms with van der Waals surface area (Å²) < 4.78 is 0. The molecular formula is C15H21N3O. The average Bonchev–Trinajstić information content (AvgIpc) is 2.68. The highest BCUT2D eigenvalue weighted by molar-refractivity contribution is 6.00. The predicted molar refractivity (Wildman–Crippen MR) is 76.5 cm³/mol. The van der Waals surface area contributed by atoms with Gasteiger partial charge in [0.15, 0.2) is 0 Å². The minimum absolute atomic E-state index is 0.198. The lowest BCUT2D eigenvalue weighted by Gasteiger charge is -2.33. The molecule has 0 aromatic heterocycles. The molecule has 3 rings (SSSR count). The summed E-state index contributed by atoms with van der Waals surface area (Å²) in [5.41, 5.74) is 3.59. The Morgan fingerprint density at radius 3 is 3.00 bits per heavy atom. The number of anilines is 1. The molecule has 2 aliphatic heterocycles. The van der Waals surface area contributed by atoms with Crippen molar-refractivity contribution in [1.29, 1.82) is 0 Å². The summed E-state index contributed by atoms with van der Waals surface area (Å²) >= 11 is 0. The quantitative estimate of drug-likeness (QED) is 0.847. The molecule has 1 fully saturated rings. The molecule has 0 bridgehead atoms. The molecule has 1 atom stereocenters. The first-order valence-corrected chi connectivity index (χ1v) is 6.94. The Bertz CT molecular complexity index is 500. The van der Waals surface area contributed by atoms with Crippen LogP contribution in [0.25, 0.3) is 0 Å². The van der Waals surface area contributed by atoms with E-state index in [4.69, 9.17) is 0 Å². The van der Waals surface area contributed by atoms with Crippen LogP contribution in [0.15, 0.2) is 18.2 Å². The lowest BCUT2D eigenvalue weighted by molar-refractivity contribution is -0.117. The first-order chi connectivity index (χ1) is 9.15. The molecule has 0 radical (unpaired) electrons. The highest BCUT2D eigenvalue weighted by Gasteiger charge is 2.25. The van der Waals surface area contributed by atoms with E-state index in [1.54, 1.807) is 4.90 Å². The Morgan fingerprint density at radius 1 is 1.37 bits per heavy atom. The van der Waals surface area contributed by atoms with E-state index in [9.17, 15) is 4.79 Å².